The molecule has 6 heteroatoms. The van der Waals surface area contributed by atoms with Crippen LogP contribution in [0.25, 0.3) is 0 Å². The van der Waals surface area contributed by atoms with E-state index in [1.807, 2.05) is 11.8 Å². The van der Waals surface area contributed by atoms with Crippen LogP contribution in [0, 0.1) is 0 Å². The van der Waals surface area contributed by atoms with Crippen molar-refractivity contribution in [1.82, 2.24) is 4.72 Å². The average Bonchev–Trinajstić information content (AvgIpc) is 2.28. The highest BCUT2D eigenvalue weighted by atomic mass is 32.2. The van der Waals surface area contributed by atoms with E-state index in [1.165, 1.54) is 6.92 Å². The fraction of sp³-hybridized carbons (Fsp3) is 1.00. The first-order valence-electron chi connectivity index (χ1n) is 5.64. The van der Waals surface area contributed by atoms with Gasteiger partial charge in [-0.1, -0.05) is 0 Å². The molecule has 0 heterocycles. The van der Waals surface area contributed by atoms with Crippen LogP contribution < -0.4 is 4.72 Å². The predicted octanol–water partition coefficient (Wildman–Crippen LogP) is 0.961. The minimum absolute atomic E-state index is 0.0578. The molecule has 2 N–H and O–H groups in total. The van der Waals surface area contributed by atoms with Crippen LogP contribution in [-0.4, -0.2) is 42.9 Å². The Morgan fingerprint density at radius 2 is 1.94 bits per heavy atom. The number of hydrogen-bond donors (Lipinski definition) is 2. The number of nitrogens with one attached hydrogen (secondary N) is 1. The van der Waals surface area contributed by atoms with E-state index in [0.717, 1.165) is 25.7 Å². The second kappa shape index (κ2) is 6.23. The first-order chi connectivity index (χ1) is 7.49. The van der Waals surface area contributed by atoms with Crippen LogP contribution in [0.4, 0.5) is 0 Å². The molecular weight excluding hydrogens is 246 g/mol. The van der Waals surface area contributed by atoms with E-state index >= 15 is 0 Å². The Hall–Kier alpha value is 0.220. The van der Waals surface area contributed by atoms with Crippen LogP contribution >= 0.6 is 11.8 Å². The average molecular weight is 267 g/mol. The molecule has 0 aromatic rings. The van der Waals surface area contributed by atoms with Gasteiger partial charge in [-0.25, -0.2) is 13.1 Å². The lowest BCUT2D eigenvalue weighted by molar-refractivity contribution is 0.293. The molecule has 0 aromatic heterocycles. The highest BCUT2D eigenvalue weighted by Crippen LogP contribution is 2.27. The van der Waals surface area contributed by atoms with Gasteiger partial charge in [0.1, 0.15) is 0 Å². The molecule has 0 aromatic carbocycles. The van der Waals surface area contributed by atoms with Gasteiger partial charge in [0, 0.05) is 11.3 Å². The van der Waals surface area contributed by atoms with Crippen molar-refractivity contribution in [2.45, 2.75) is 49.1 Å². The Kier molecular flexibility index (Phi) is 5.56. The molecule has 1 aliphatic rings. The number of thioether (sulfide) groups is 1. The minimum atomic E-state index is -3.34. The van der Waals surface area contributed by atoms with E-state index in [0.29, 0.717) is 5.25 Å². The Morgan fingerprint density at radius 1 is 1.38 bits per heavy atom. The van der Waals surface area contributed by atoms with Crippen molar-refractivity contribution < 1.29 is 13.5 Å². The maximum atomic E-state index is 11.7. The van der Waals surface area contributed by atoms with Gasteiger partial charge in [0.2, 0.25) is 10.0 Å². The van der Waals surface area contributed by atoms with Gasteiger partial charge in [-0.2, -0.15) is 11.8 Å². The summed E-state index contributed by atoms with van der Waals surface area (Å²) in [7, 11) is -3.34. The molecule has 16 heavy (non-hydrogen) atoms. The lowest BCUT2D eigenvalue weighted by Gasteiger charge is -2.28. The van der Waals surface area contributed by atoms with Crippen LogP contribution in [0.1, 0.15) is 32.6 Å². The molecule has 4 nitrogen and oxygen atoms in total. The maximum Gasteiger partial charge on any atom is 0.216 e. The summed E-state index contributed by atoms with van der Waals surface area (Å²) >= 11 is 1.86. The van der Waals surface area contributed by atoms with Gasteiger partial charge >= 0.3 is 0 Å². The summed E-state index contributed by atoms with van der Waals surface area (Å²) in [4.78, 5) is 0. The van der Waals surface area contributed by atoms with Gasteiger partial charge in [0.15, 0.2) is 0 Å². The number of rotatable bonds is 5. The van der Waals surface area contributed by atoms with E-state index in [1.54, 1.807) is 0 Å². The molecule has 1 rings (SSSR count). The SMILES string of the molecule is CSC1CCC(NS(=O)(=O)C(C)CO)CC1. The molecule has 0 amide bonds. The number of hydrogen-bond acceptors (Lipinski definition) is 4. The third kappa shape index (κ3) is 3.91. The molecule has 0 bridgehead atoms. The Morgan fingerprint density at radius 3 is 2.38 bits per heavy atom. The maximum absolute atomic E-state index is 11.7. The fourth-order valence-corrected chi connectivity index (χ4v) is 3.74. The van der Waals surface area contributed by atoms with Crippen LogP contribution in [0.15, 0.2) is 0 Å². The van der Waals surface area contributed by atoms with E-state index in [9.17, 15) is 8.42 Å². The van der Waals surface area contributed by atoms with Gasteiger partial charge in [-0.3, -0.25) is 0 Å². The number of sulfonamides is 1. The van der Waals surface area contributed by atoms with Crippen LogP contribution in [0.5, 0.6) is 0 Å². The van der Waals surface area contributed by atoms with Crippen LogP contribution in [0.3, 0.4) is 0 Å². The summed E-state index contributed by atoms with van der Waals surface area (Å²) in [5.74, 6) is 0. The number of aliphatic hydroxyl groups excluding tert-OH is 1. The predicted molar refractivity (Wildman–Crippen MR) is 68.2 cm³/mol. The smallest absolute Gasteiger partial charge is 0.216 e. The van der Waals surface area contributed by atoms with Crippen LogP contribution in [-0.2, 0) is 10.0 Å². The normalized spacial score (nSPS) is 28.9. The molecule has 0 spiro atoms. The molecule has 1 unspecified atom stereocenters. The molecule has 1 fully saturated rings. The van der Waals surface area contributed by atoms with E-state index < -0.39 is 15.3 Å². The topological polar surface area (TPSA) is 66.4 Å². The second-order valence-electron chi connectivity index (χ2n) is 4.37. The largest absolute Gasteiger partial charge is 0.395 e. The van der Waals surface area contributed by atoms with Gasteiger partial charge in [-0.05, 0) is 38.9 Å². The molecule has 96 valence electrons. The quantitative estimate of drug-likeness (QED) is 0.778. The number of aliphatic hydroxyl groups is 1. The second-order valence-corrected chi connectivity index (χ2v) is 7.63. The van der Waals surface area contributed by atoms with Crippen molar-refractivity contribution in [3.63, 3.8) is 0 Å². The van der Waals surface area contributed by atoms with Gasteiger partial charge < -0.3 is 5.11 Å². The van der Waals surface area contributed by atoms with Crippen molar-refractivity contribution in [3.05, 3.63) is 0 Å². The standard InChI is InChI=1S/C10H21NO3S2/c1-8(7-12)16(13,14)11-9-3-5-10(15-2)6-4-9/h8-12H,3-7H2,1-2H3. The monoisotopic (exact) mass is 267 g/mol. The van der Waals surface area contributed by atoms with Crippen molar-refractivity contribution in [1.29, 1.82) is 0 Å². The summed E-state index contributed by atoms with van der Waals surface area (Å²) in [5, 5.41) is 8.82. The van der Waals surface area contributed by atoms with Crippen molar-refractivity contribution in [2.75, 3.05) is 12.9 Å². The zero-order valence-corrected chi connectivity index (χ0v) is 11.5. The molecule has 1 aliphatic carbocycles. The molecule has 0 saturated heterocycles. The highest BCUT2D eigenvalue weighted by molar-refractivity contribution is 7.99. The van der Waals surface area contributed by atoms with Gasteiger partial charge in [0.25, 0.3) is 0 Å². The van der Waals surface area contributed by atoms with Crippen molar-refractivity contribution in [3.8, 4) is 0 Å². The summed E-state index contributed by atoms with van der Waals surface area (Å²) in [6, 6.07) is 0.0578. The van der Waals surface area contributed by atoms with Gasteiger partial charge in [-0.15, -0.1) is 0 Å². The Labute approximate surface area is 102 Å². The van der Waals surface area contributed by atoms with E-state index in [-0.39, 0.29) is 12.6 Å². The summed E-state index contributed by atoms with van der Waals surface area (Å²) in [6.07, 6.45) is 6.05. The molecule has 0 aliphatic heterocycles. The van der Waals surface area contributed by atoms with Crippen molar-refractivity contribution in [2.24, 2.45) is 0 Å². The summed E-state index contributed by atoms with van der Waals surface area (Å²) < 4.78 is 26.1. The summed E-state index contributed by atoms with van der Waals surface area (Å²) in [6.45, 7) is 1.20. The van der Waals surface area contributed by atoms with Crippen LogP contribution in [0.2, 0.25) is 0 Å². The van der Waals surface area contributed by atoms with E-state index in [2.05, 4.69) is 11.0 Å². The third-order valence-corrected chi connectivity index (χ3v) is 6.13. The lowest BCUT2D eigenvalue weighted by atomic mass is 9.96. The van der Waals surface area contributed by atoms with E-state index in [4.69, 9.17) is 5.11 Å². The van der Waals surface area contributed by atoms with Gasteiger partial charge in [0.05, 0.1) is 11.9 Å². The molecular formula is C10H21NO3S2. The molecule has 1 saturated carbocycles. The Bertz CT molecular complexity index is 297. The zero-order valence-electron chi connectivity index (χ0n) is 9.85. The molecule has 0 radical (unpaired) electrons. The molecule has 1 atom stereocenters. The highest BCUT2D eigenvalue weighted by Gasteiger charge is 2.27. The Balaban J connectivity index is 2.45. The minimum Gasteiger partial charge on any atom is -0.395 e. The zero-order chi connectivity index (χ0) is 12.2. The first-order valence-corrected chi connectivity index (χ1v) is 8.47. The lowest BCUT2D eigenvalue weighted by Crippen LogP contribution is -2.43. The summed E-state index contributed by atoms with van der Waals surface area (Å²) in [5.41, 5.74) is 0. The first kappa shape index (κ1) is 14.3. The fourth-order valence-electron chi connectivity index (χ4n) is 1.86. The van der Waals surface area contributed by atoms with Crippen molar-refractivity contribution >= 4 is 21.8 Å². The third-order valence-electron chi connectivity index (χ3n) is 3.13.